The molecule has 1 fully saturated rings. The minimum absolute atomic E-state index is 0.0130. The van der Waals surface area contributed by atoms with Crippen molar-refractivity contribution in [3.63, 3.8) is 0 Å². The molecule has 2 aromatic rings. The first-order valence-corrected chi connectivity index (χ1v) is 7.73. The Bertz CT molecular complexity index is 649. The Morgan fingerprint density at radius 3 is 3.00 bits per heavy atom. The summed E-state index contributed by atoms with van der Waals surface area (Å²) in [6.07, 6.45) is 4.07. The van der Waals surface area contributed by atoms with Crippen molar-refractivity contribution in [1.82, 2.24) is 14.3 Å². The van der Waals surface area contributed by atoms with Crippen LogP contribution in [0.4, 0.5) is 0 Å². The summed E-state index contributed by atoms with van der Waals surface area (Å²) in [6, 6.07) is 0. The maximum atomic E-state index is 12.3. The fraction of sp³-hybridized carbons (Fsp3) is 0.500. The number of likely N-dealkylation sites (tertiary alicyclic amines) is 1. The molecule has 1 amide bonds. The van der Waals surface area contributed by atoms with Gasteiger partial charge in [0, 0.05) is 30.9 Å². The predicted octanol–water partition coefficient (Wildman–Crippen LogP) is 1.21. The smallest absolute Gasteiger partial charge is 0.310 e. The van der Waals surface area contributed by atoms with Crippen molar-refractivity contribution in [1.29, 1.82) is 0 Å². The SMILES string of the molecule is COC(=O)C1CN(C(=O)Cc2cn3ccsc3n2)CC1C. The third-order valence-electron chi connectivity index (χ3n) is 3.94. The summed E-state index contributed by atoms with van der Waals surface area (Å²) in [4.78, 5) is 31.0. The maximum Gasteiger partial charge on any atom is 0.310 e. The molecule has 2 aromatic heterocycles. The van der Waals surface area contributed by atoms with Gasteiger partial charge in [0.15, 0.2) is 4.96 Å². The van der Waals surface area contributed by atoms with Crippen molar-refractivity contribution >= 4 is 28.2 Å². The van der Waals surface area contributed by atoms with Crippen LogP contribution in [0.5, 0.6) is 0 Å². The van der Waals surface area contributed by atoms with E-state index in [-0.39, 0.29) is 30.1 Å². The summed E-state index contributed by atoms with van der Waals surface area (Å²) in [5, 5.41) is 1.96. The Morgan fingerprint density at radius 1 is 1.48 bits per heavy atom. The Hall–Kier alpha value is -1.89. The molecule has 112 valence electrons. The Kier molecular flexibility index (Phi) is 3.67. The molecule has 0 aliphatic carbocycles. The van der Waals surface area contributed by atoms with Gasteiger partial charge in [-0.05, 0) is 5.92 Å². The summed E-state index contributed by atoms with van der Waals surface area (Å²) < 4.78 is 6.70. The molecule has 6 nitrogen and oxygen atoms in total. The lowest BCUT2D eigenvalue weighted by Crippen LogP contribution is -2.31. The molecule has 21 heavy (non-hydrogen) atoms. The minimum atomic E-state index is -0.236. The molecule has 1 saturated heterocycles. The number of hydrogen-bond donors (Lipinski definition) is 0. The molecule has 0 aromatic carbocycles. The third kappa shape index (κ3) is 2.65. The zero-order valence-corrected chi connectivity index (χ0v) is 12.8. The molecule has 1 aliphatic rings. The van der Waals surface area contributed by atoms with Crippen molar-refractivity contribution in [2.45, 2.75) is 13.3 Å². The van der Waals surface area contributed by atoms with Crippen molar-refractivity contribution in [3.8, 4) is 0 Å². The third-order valence-corrected chi connectivity index (χ3v) is 4.72. The van der Waals surface area contributed by atoms with Gasteiger partial charge in [0.1, 0.15) is 0 Å². The van der Waals surface area contributed by atoms with Crippen LogP contribution in [0, 0.1) is 11.8 Å². The highest BCUT2D eigenvalue weighted by Crippen LogP contribution is 2.24. The normalized spacial score (nSPS) is 21.9. The lowest BCUT2D eigenvalue weighted by molar-refractivity contribution is -0.146. The molecule has 0 spiro atoms. The number of fused-ring (bicyclic) bond motifs is 1. The van der Waals surface area contributed by atoms with Crippen LogP contribution in [0.3, 0.4) is 0 Å². The zero-order valence-electron chi connectivity index (χ0n) is 12.0. The van der Waals surface area contributed by atoms with E-state index >= 15 is 0 Å². The van der Waals surface area contributed by atoms with Gasteiger partial charge in [-0.3, -0.25) is 14.0 Å². The van der Waals surface area contributed by atoms with Gasteiger partial charge in [-0.1, -0.05) is 6.92 Å². The number of carbonyl (C=O) groups is 2. The molecule has 1 aliphatic heterocycles. The highest BCUT2D eigenvalue weighted by atomic mass is 32.1. The van der Waals surface area contributed by atoms with Crippen LogP contribution in [0.1, 0.15) is 12.6 Å². The van der Waals surface area contributed by atoms with Gasteiger partial charge in [0.2, 0.25) is 5.91 Å². The van der Waals surface area contributed by atoms with Crippen LogP contribution in [0.2, 0.25) is 0 Å². The van der Waals surface area contributed by atoms with E-state index in [1.54, 1.807) is 16.2 Å². The zero-order chi connectivity index (χ0) is 15.0. The van der Waals surface area contributed by atoms with E-state index in [0.717, 1.165) is 10.7 Å². The molecule has 2 atom stereocenters. The maximum absolute atomic E-state index is 12.3. The van der Waals surface area contributed by atoms with Gasteiger partial charge in [-0.25, -0.2) is 4.98 Å². The fourth-order valence-corrected chi connectivity index (χ4v) is 3.48. The molecule has 0 radical (unpaired) electrons. The van der Waals surface area contributed by atoms with Gasteiger partial charge < -0.3 is 9.64 Å². The van der Waals surface area contributed by atoms with Crippen LogP contribution < -0.4 is 0 Å². The summed E-state index contributed by atoms with van der Waals surface area (Å²) in [5.41, 5.74) is 0.765. The first kappa shape index (κ1) is 14.1. The van der Waals surface area contributed by atoms with E-state index in [1.807, 2.05) is 29.1 Å². The molecular formula is C14H17N3O3S. The van der Waals surface area contributed by atoms with E-state index in [4.69, 9.17) is 4.74 Å². The molecule has 3 heterocycles. The molecule has 0 saturated carbocycles. The van der Waals surface area contributed by atoms with Crippen LogP contribution in [-0.4, -0.2) is 46.4 Å². The second kappa shape index (κ2) is 5.48. The van der Waals surface area contributed by atoms with Gasteiger partial charge in [-0.2, -0.15) is 0 Å². The van der Waals surface area contributed by atoms with E-state index in [0.29, 0.717) is 13.1 Å². The Labute approximate surface area is 126 Å². The molecule has 7 heteroatoms. The quantitative estimate of drug-likeness (QED) is 0.800. The summed E-state index contributed by atoms with van der Waals surface area (Å²) in [5.74, 6) is -0.310. The Balaban J connectivity index is 1.66. The number of ether oxygens (including phenoxy) is 1. The van der Waals surface area contributed by atoms with Gasteiger partial charge in [0.05, 0.1) is 25.1 Å². The number of imidazole rings is 1. The van der Waals surface area contributed by atoms with Crippen molar-refractivity contribution in [3.05, 3.63) is 23.5 Å². The largest absolute Gasteiger partial charge is 0.469 e. The number of aromatic nitrogens is 2. The number of hydrogen-bond acceptors (Lipinski definition) is 5. The van der Waals surface area contributed by atoms with Crippen molar-refractivity contribution < 1.29 is 14.3 Å². The number of esters is 1. The minimum Gasteiger partial charge on any atom is -0.469 e. The van der Waals surface area contributed by atoms with Crippen LogP contribution >= 0.6 is 11.3 Å². The lowest BCUT2D eigenvalue weighted by Gasteiger charge is -2.15. The first-order chi connectivity index (χ1) is 10.1. The molecule has 0 bridgehead atoms. The number of nitrogens with zero attached hydrogens (tertiary/aromatic N) is 3. The van der Waals surface area contributed by atoms with Crippen LogP contribution in [-0.2, 0) is 20.7 Å². The first-order valence-electron chi connectivity index (χ1n) is 6.85. The van der Waals surface area contributed by atoms with E-state index in [2.05, 4.69) is 4.98 Å². The van der Waals surface area contributed by atoms with Gasteiger partial charge in [0.25, 0.3) is 0 Å². The van der Waals surface area contributed by atoms with Crippen LogP contribution in [0.15, 0.2) is 17.8 Å². The number of rotatable bonds is 3. The number of thiazole rings is 1. The summed E-state index contributed by atoms with van der Waals surface area (Å²) >= 11 is 1.54. The summed E-state index contributed by atoms with van der Waals surface area (Å²) in [6.45, 7) is 3.01. The summed E-state index contributed by atoms with van der Waals surface area (Å²) in [7, 11) is 1.39. The van der Waals surface area contributed by atoms with E-state index in [1.165, 1.54) is 7.11 Å². The molecule has 2 unspecified atom stereocenters. The lowest BCUT2D eigenvalue weighted by atomic mass is 9.99. The highest BCUT2D eigenvalue weighted by Gasteiger charge is 2.37. The predicted molar refractivity (Wildman–Crippen MR) is 78.0 cm³/mol. The average Bonchev–Trinajstić information content (AvgIpc) is 3.12. The van der Waals surface area contributed by atoms with E-state index in [9.17, 15) is 9.59 Å². The van der Waals surface area contributed by atoms with Gasteiger partial charge in [-0.15, -0.1) is 11.3 Å². The second-order valence-corrected chi connectivity index (χ2v) is 6.28. The fourth-order valence-electron chi connectivity index (χ4n) is 2.76. The topological polar surface area (TPSA) is 63.9 Å². The Morgan fingerprint density at radius 2 is 2.29 bits per heavy atom. The second-order valence-electron chi connectivity index (χ2n) is 5.41. The van der Waals surface area contributed by atoms with Crippen LogP contribution in [0.25, 0.3) is 4.96 Å². The van der Waals surface area contributed by atoms with E-state index < -0.39 is 0 Å². The molecule has 0 N–H and O–H groups in total. The molecular weight excluding hydrogens is 290 g/mol. The van der Waals surface area contributed by atoms with Gasteiger partial charge >= 0.3 is 5.97 Å². The average molecular weight is 307 g/mol. The monoisotopic (exact) mass is 307 g/mol. The standard InChI is InChI=1S/C14H17N3O3S/c1-9-6-17(8-11(9)13(19)20-2)12(18)5-10-7-16-3-4-21-14(16)15-10/h3-4,7,9,11H,5-6,8H2,1-2H3. The number of carbonyl (C=O) groups excluding carboxylic acids is 2. The number of amides is 1. The number of methoxy groups -OCH3 is 1. The molecule has 3 rings (SSSR count). The highest BCUT2D eigenvalue weighted by molar-refractivity contribution is 7.15. The van der Waals surface area contributed by atoms with Crippen molar-refractivity contribution in [2.75, 3.05) is 20.2 Å². The van der Waals surface area contributed by atoms with Crippen molar-refractivity contribution in [2.24, 2.45) is 11.8 Å².